The van der Waals surface area contributed by atoms with Crippen molar-refractivity contribution in [2.45, 2.75) is 19.6 Å². The van der Waals surface area contributed by atoms with E-state index in [1.54, 1.807) is 19.2 Å². The van der Waals surface area contributed by atoms with Crippen molar-refractivity contribution in [1.82, 2.24) is 5.32 Å². The SMILES string of the molecule is CCNC(c1ccc(COC)o1)c1ccc(OC)cc1F. The summed E-state index contributed by atoms with van der Waals surface area (Å²) in [5, 5.41) is 3.23. The van der Waals surface area contributed by atoms with Gasteiger partial charge in [-0.3, -0.25) is 0 Å². The third-order valence-corrected chi connectivity index (χ3v) is 3.18. The lowest BCUT2D eigenvalue weighted by atomic mass is 10.0. The summed E-state index contributed by atoms with van der Waals surface area (Å²) in [6.07, 6.45) is 0. The highest BCUT2D eigenvalue weighted by Crippen LogP contribution is 2.28. The minimum absolute atomic E-state index is 0.329. The Hall–Kier alpha value is -1.85. The number of nitrogens with one attached hydrogen (secondary N) is 1. The lowest BCUT2D eigenvalue weighted by molar-refractivity contribution is 0.162. The molecule has 4 nitrogen and oxygen atoms in total. The second-order valence-corrected chi connectivity index (χ2v) is 4.62. The molecule has 0 aliphatic heterocycles. The number of rotatable bonds is 7. The Morgan fingerprint density at radius 1 is 1.24 bits per heavy atom. The molecule has 0 saturated heterocycles. The molecule has 0 amide bonds. The van der Waals surface area contributed by atoms with Crippen LogP contribution < -0.4 is 10.1 Å². The average Bonchev–Trinajstić information content (AvgIpc) is 2.94. The quantitative estimate of drug-likeness (QED) is 0.851. The molecule has 1 heterocycles. The van der Waals surface area contributed by atoms with E-state index >= 15 is 0 Å². The first kappa shape index (κ1) is 15.5. The van der Waals surface area contributed by atoms with Crippen LogP contribution in [0.3, 0.4) is 0 Å². The molecule has 0 bridgehead atoms. The highest BCUT2D eigenvalue weighted by Gasteiger charge is 2.21. The summed E-state index contributed by atoms with van der Waals surface area (Å²) in [6, 6.07) is 8.16. The topological polar surface area (TPSA) is 43.6 Å². The van der Waals surface area contributed by atoms with E-state index in [0.29, 0.717) is 36.0 Å². The maximum Gasteiger partial charge on any atom is 0.132 e. The summed E-state index contributed by atoms with van der Waals surface area (Å²) in [5.41, 5.74) is 0.524. The van der Waals surface area contributed by atoms with Crippen LogP contribution in [0.2, 0.25) is 0 Å². The van der Waals surface area contributed by atoms with Crippen molar-refractivity contribution in [2.24, 2.45) is 0 Å². The Labute approximate surface area is 123 Å². The molecule has 2 aromatic rings. The maximum atomic E-state index is 14.3. The summed E-state index contributed by atoms with van der Waals surface area (Å²) in [4.78, 5) is 0. The Bertz CT molecular complexity index is 583. The van der Waals surface area contributed by atoms with Crippen molar-refractivity contribution in [3.63, 3.8) is 0 Å². The van der Waals surface area contributed by atoms with E-state index in [0.717, 1.165) is 0 Å². The average molecular weight is 293 g/mol. The van der Waals surface area contributed by atoms with Crippen LogP contribution in [0.4, 0.5) is 4.39 Å². The van der Waals surface area contributed by atoms with Crippen molar-refractivity contribution in [3.05, 3.63) is 53.2 Å². The molecule has 0 radical (unpaired) electrons. The highest BCUT2D eigenvalue weighted by molar-refractivity contribution is 5.34. The number of hydrogen-bond acceptors (Lipinski definition) is 4. The Balaban J connectivity index is 2.33. The lowest BCUT2D eigenvalue weighted by Crippen LogP contribution is -2.22. The van der Waals surface area contributed by atoms with Crippen LogP contribution in [0.1, 0.15) is 30.0 Å². The smallest absolute Gasteiger partial charge is 0.132 e. The van der Waals surface area contributed by atoms with E-state index in [4.69, 9.17) is 13.9 Å². The first-order chi connectivity index (χ1) is 10.2. The number of methoxy groups -OCH3 is 2. The summed E-state index contributed by atoms with van der Waals surface area (Å²) in [7, 11) is 3.12. The van der Waals surface area contributed by atoms with E-state index < -0.39 is 0 Å². The Morgan fingerprint density at radius 3 is 2.67 bits per heavy atom. The molecule has 0 aliphatic carbocycles. The molecule has 1 N–H and O–H groups in total. The number of benzene rings is 1. The van der Waals surface area contributed by atoms with E-state index in [-0.39, 0.29) is 11.9 Å². The predicted octanol–water partition coefficient (Wildman–Crippen LogP) is 3.27. The first-order valence-electron chi connectivity index (χ1n) is 6.84. The molecule has 5 heteroatoms. The molecule has 1 aromatic carbocycles. The molecular weight excluding hydrogens is 273 g/mol. The molecular formula is C16H20FNO3. The van der Waals surface area contributed by atoms with Crippen molar-refractivity contribution in [1.29, 1.82) is 0 Å². The van der Waals surface area contributed by atoms with Gasteiger partial charge in [0.2, 0.25) is 0 Å². The first-order valence-corrected chi connectivity index (χ1v) is 6.84. The fraction of sp³-hybridized carbons (Fsp3) is 0.375. The third-order valence-electron chi connectivity index (χ3n) is 3.18. The summed E-state index contributed by atoms with van der Waals surface area (Å²) >= 11 is 0. The Morgan fingerprint density at radius 2 is 2.05 bits per heavy atom. The number of hydrogen-bond donors (Lipinski definition) is 1. The maximum absolute atomic E-state index is 14.3. The normalized spacial score (nSPS) is 12.4. The standard InChI is InChI=1S/C16H20FNO3/c1-4-18-16(15-8-6-12(21-15)10-19-2)13-7-5-11(20-3)9-14(13)17/h5-9,16,18H,4,10H2,1-3H3. The fourth-order valence-electron chi connectivity index (χ4n) is 2.21. The van der Waals surface area contributed by atoms with Gasteiger partial charge in [-0.05, 0) is 24.7 Å². The van der Waals surface area contributed by atoms with Crippen molar-refractivity contribution in [3.8, 4) is 5.75 Å². The van der Waals surface area contributed by atoms with Crippen LogP contribution >= 0.6 is 0 Å². The molecule has 0 spiro atoms. The molecule has 0 saturated carbocycles. The Kier molecular flexibility index (Phi) is 5.36. The van der Waals surface area contributed by atoms with Gasteiger partial charge in [-0.15, -0.1) is 0 Å². The lowest BCUT2D eigenvalue weighted by Gasteiger charge is -2.17. The van der Waals surface area contributed by atoms with Crippen LogP contribution in [0.5, 0.6) is 5.75 Å². The van der Waals surface area contributed by atoms with Crippen LogP contribution in [0.15, 0.2) is 34.7 Å². The predicted molar refractivity (Wildman–Crippen MR) is 77.9 cm³/mol. The zero-order valence-electron chi connectivity index (χ0n) is 12.5. The van der Waals surface area contributed by atoms with Crippen molar-refractivity contribution >= 4 is 0 Å². The number of furan rings is 1. The van der Waals surface area contributed by atoms with Gasteiger partial charge < -0.3 is 19.2 Å². The summed E-state index contributed by atoms with van der Waals surface area (Å²) < 4.78 is 30.1. The molecule has 0 aliphatic rings. The van der Waals surface area contributed by atoms with Crippen LogP contribution in [0, 0.1) is 5.82 Å². The minimum atomic E-state index is -0.341. The molecule has 1 atom stereocenters. The molecule has 1 unspecified atom stereocenters. The van der Waals surface area contributed by atoms with Crippen LogP contribution in [-0.4, -0.2) is 20.8 Å². The summed E-state index contributed by atoms with van der Waals surface area (Å²) in [6.45, 7) is 3.05. The van der Waals surface area contributed by atoms with Gasteiger partial charge in [-0.1, -0.05) is 13.0 Å². The number of ether oxygens (including phenoxy) is 2. The molecule has 21 heavy (non-hydrogen) atoms. The molecule has 0 fully saturated rings. The van der Waals surface area contributed by atoms with Gasteiger partial charge in [0.05, 0.1) is 13.2 Å². The second kappa shape index (κ2) is 7.24. The van der Waals surface area contributed by atoms with E-state index in [1.165, 1.54) is 13.2 Å². The summed E-state index contributed by atoms with van der Waals surface area (Å²) in [5.74, 6) is 1.54. The third kappa shape index (κ3) is 3.62. The fourth-order valence-corrected chi connectivity index (χ4v) is 2.21. The van der Waals surface area contributed by atoms with Gasteiger partial charge in [0.25, 0.3) is 0 Å². The van der Waals surface area contributed by atoms with Gasteiger partial charge in [0.1, 0.15) is 29.7 Å². The number of halogens is 1. The van der Waals surface area contributed by atoms with Gasteiger partial charge in [0.15, 0.2) is 0 Å². The van der Waals surface area contributed by atoms with E-state index in [1.807, 2.05) is 19.1 Å². The van der Waals surface area contributed by atoms with Crippen molar-refractivity contribution < 1.29 is 18.3 Å². The van der Waals surface area contributed by atoms with E-state index in [2.05, 4.69) is 5.32 Å². The largest absolute Gasteiger partial charge is 0.497 e. The van der Waals surface area contributed by atoms with Crippen LogP contribution in [0.25, 0.3) is 0 Å². The zero-order valence-corrected chi connectivity index (χ0v) is 12.5. The van der Waals surface area contributed by atoms with Crippen molar-refractivity contribution in [2.75, 3.05) is 20.8 Å². The monoisotopic (exact) mass is 293 g/mol. The van der Waals surface area contributed by atoms with Gasteiger partial charge in [-0.25, -0.2) is 4.39 Å². The van der Waals surface area contributed by atoms with Gasteiger partial charge in [0, 0.05) is 18.7 Å². The van der Waals surface area contributed by atoms with Gasteiger partial charge in [-0.2, -0.15) is 0 Å². The zero-order chi connectivity index (χ0) is 15.2. The second-order valence-electron chi connectivity index (χ2n) is 4.62. The molecule has 2 rings (SSSR count). The highest BCUT2D eigenvalue weighted by atomic mass is 19.1. The minimum Gasteiger partial charge on any atom is -0.497 e. The molecule has 114 valence electrons. The van der Waals surface area contributed by atoms with E-state index in [9.17, 15) is 4.39 Å². The molecule has 1 aromatic heterocycles. The van der Waals surface area contributed by atoms with Gasteiger partial charge >= 0.3 is 0 Å². The van der Waals surface area contributed by atoms with Crippen LogP contribution in [-0.2, 0) is 11.3 Å².